The quantitative estimate of drug-likeness (QED) is 0.288. The summed E-state index contributed by atoms with van der Waals surface area (Å²) in [5, 5.41) is 6.58. The predicted octanol–water partition coefficient (Wildman–Crippen LogP) is 6.64. The van der Waals surface area contributed by atoms with Crippen molar-refractivity contribution in [1.82, 2.24) is 4.57 Å². The molecule has 4 aromatic carbocycles. The molecule has 2 N–H and O–H groups in total. The maximum Gasteiger partial charge on any atom is 0.272 e. The van der Waals surface area contributed by atoms with Gasteiger partial charge in [0.15, 0.2) is 0 Å². The topological polar surface area (TPSA) is 63.1 Å². The molecule has 0 unspecified atom stereocenters. The van der Waals surface area contributed by atoms with Gasteiger partial charge in [0.25, 0.3) is 11.8 Å². The van der Waals surface area contributed by atoms with E-state index in [0.29, 0.717) is 28.2 Å². The Kier molecular flexibility index (Phi) is 6.33. The molecule has 36 heavy (non-hydrogen) atoms. The summed E-state index contributed by atoms with van der Waals surface area (Å²) in [7, 11) is 0. The summed E-state index contributed by atoms with van der Waals surface area (Å²) in [5.74, 6) is -0.864. The van der Waals surface area contributed by atoms with Crippen molar-refractivity contribution in [3.8, 4) is 0 Å². The zero-order valence-electron chi connectivity index (χ0n) is 19.7. The lowest BCUT2D eigenvalue weighted by atomic mass is 10.1. The minimum atomic E-state index is -0.337. The molecule has 5 nitrogen and oxygen atoms in total. The van der Waals surface area contributed by atoms with Crippen molar-refractivity contribution < 1.29 is 14.0 Å². The number of nitrogens with one attached hydrogen (secondary N) is 2. The van der Waals surface area contributed by atoms with Crippen molar-refractivity contribution in [3.05, 3.63) is 131 Å². The number of benzene rings is 4. The molecule has 0 saturated heterocycles. The van der Waals surface area contributed by atoms with Gasteiger partial charge in [0, 0.05) is 33.4 Å². The average Bonchev–Trinajstić information content (AvgIpc) is 3.24. The molecule has 0 aliphatic heterocycles. The summed E-state index contributed by atoms with van der Waals surface area (Å²) in [4.78, 5) is 26.0. The number of para-hydroxylation sites is 1. The maximum atomic E-state index is 14.5. The van der Waals surface area contributed by atoms with Crippen LogP contribution < -0.4 is 10.6 Å². The van der Waals surface area contributed by atoms with Crippen LogP contribution in [0.3, 0.4) is 0 Å². The average molecular weight is 478 g/mol. The molecule has 0 atom stereocenters. The molecule has 2 amide bonds. The second-order valence-electron chi connectivity index (χ2n) is 8.62. The number of carbonyl (C=O) groups is 2. The molecule has 0 radical (unpaired) electrons. The van der Waals surface area contributed by atoms with Gasteiger partial charge in [-0.3, -0.25) is 9.59 Å². The van der Waals surface area contributed by atoms with Gasteiger partial charge in [-0.15, -0.1) is 0 Å². The smallest absolute Gasteiger partial charge is 0.272 e. The van der Waals surface area contributed by atoms with Crippen LogP contribution in [-0.4, -0.2) is 16.4 Å². The Hall–Kier alpha value is -4.71. The summed E-state index contributed by atoms with van der Waals surface area (Å²) in [6, 6.07) is 30.2. The molecule has 0 aliphatic rings. The monoisotopic (exact) mass is 477 g/mol. The minimum absolute atomic E-state index is 0.183. The number of aryl methyl sites for hydroxylation is 1. The van der Waals surface area contributed by atoms with Gasteiger partial charge >= 0.3 is 0 Å². The van der Waals surface area contributed by atoms with Crippen LogP contribution in [0.2, 0.25) is 0 Å². The first-order chi connectivity index (χ1) is 17.5. The number of aromatic nitrogens is 1. The van der Waals surface area contributed by atoms with Gasteiger partial charge < -0.3 is 15.2 Å². The lowest BCUT2D eigenvalue weighted by Crippen LogP contribution is -2.17. The van der Waals surface area contributed by atoms with Crippen molar-refractivity contribution in [1.29, 1.82) is 0 Å². The zero-order valence-corrected chi connectivity index (χ0v) is 19.7. The summed E-state index contributed by atoms with van der Waals surface area (Å²) in [6.07, 6.45) is 0. The molecule has 0 saturated carbocycles. The van der Waals surface area contributed by atoms with E-state index in [1.165, 1.54) is 6.07 Å². The van der Waals surface area contributed by atoms with Crippen LogP contribution in [0.4, 0.5) is 15.8 Å². The fourth-order valence-corrected chi connectivity index (χ4v) is 4.13. The van der Waals surface area contributed by atoms with E-state index in [0.717, 1.165) is 16.5 Å². The van der Waals surface area contributed by atoms with E-state index in [9.17, 15) is 14.0 Å². The van der Waals surface area contributed by atoms with Gasteiger partial charge in [0.1, 0.15) is 11.5 Å². The standard InChI is InChI=1S/C30H24FN3O2/c1-20-11-13-21(14-12-20)29(35)33-25-15-16-27-23(17-25)18-28(30(36)32-24-8-3-2-4-9-24)34(27)19-22-7-5-6-10-26(22)31/h2-18H,19H2,1H3,(H,32,36)(H,33,35). The van der Waals surface area contributed by atoms with E-state index >= 15 is 0 Å². The molecule has 5 aromatic rings. The number of halogens is 1. The lowest BCUT2D eigenvalue weighted by Gasteiger charge is -2.12. The third kappa shape index (κ3) is 4.88. The molecular formula is C30H24FN3O2. The van der Waals surface area contributed by atoms with Crippen LogP contribution >= 0.6 is 0 Å². The SMILES string of the molecule is Cc1ccc(C(=O)Nc2ccc3c(c2)cc(C(=O)Nc2ccccc2)n3Cc2ccccc2F)cc1. The third-order valence-electron chi connectivity index (χ3n) is 6.02. The van der Waals surface area contributed by atoms with Crippen molar-refractivity contribution >= 4 is 34.1 Å². The van der Waals surface area contributed by atoms with Gasteiger partial charge in [0.2, 0.25) is 0 Å². The van der Waals surface area contributed by atoms with Gasteiger partial charge in [-0.25, -0.2) is 4.39 Å². The van der Waals surface area contributed by atoms with E-state index in [1.54, 1.807) is 59.2 Å². The Morgan fingerprint density at radius 2 is 1.44 bits per heavy atom. The van der Waals surface area contributed by atoms with Crippen LogP contribution in [0.5, 0.6) is 0 Å². The van der Waals surface area contributed by atoms with Crippen LogP contribution in [0.25, 0.3) is 10.9 Å². The van der Waals surface area contributed by atoms with Crippen molar-refractivity contribution in [2.45, 2.75) is 13.5 Å². The highest BCUT2D eigenvalue weighted by atomic mass is 19.1. The van der Waals surface area contributed by atoms with E-state index in [1.807, 2.05) is 49.4 Å². The lowest BCUT2D eigenvalue weighted by molar-refractivity contribution is 0.101. The molecule has 5 rings (SSSR count). The van der Waals surface area contributed by atoms with E-state index in [-0.39, 0.29) is 24.2 Å². The Labute approximate surface area is 208 Å². The number of fused-ring (bicyclic) bond motifs is 1. The number of anilines is 2. The molecular weight excluding hydrogens is 453 g/mol. The maximum absolute atomic E-state index is 14.5. The third-order valence-corrected chi connectivity index (χ3v) is 6.02. The zero-order chi connectivity index (χ0) is 25.1. The van der Waals surface area contributed by atoms with E-state index < -0.39 is 0 Å². The Balaban J connectivity index is 1.51. The number of rotatable bonds is 6. The minimum Gasteiger partial charge on any atom is -0.332 e. The molecule has 0 fully saturated rings. The van der Waals surface area contributed by atoms with Gasteiger partial charge in [-0.2, -0.15) is 0 Å². The first-order valence-electron chi connectivity index (χ1n) is 11.6. The van der Waals surface area contributed by atoms with Gasteiger partial charge in [-0.05, 0) is 61.5 Å². The first-order valence-corrected chi connectivity index (χ1v) is 11.6. The molecule has 0 aliphatic carbocycles. The highest BCUT2D eigenvalue weighted by Crippen LogP contribution is 2.26. The second kappa shape index (κ2) is 9.88. The number of amides is 2. The Morgan fingerprint density at radius 1 is 0.750 bits per heavy atom. The second-order valence-corrected chi connectivity index (χ2v) is 8.62. The molecule has 0 bridgehead atoms. The largest absolute Gasteiger partial charge is 0.332 e. The summed E-state index contributed by atoms with van der Waals surface area (Å²) in [6.45, 7) is 2.15. The fourth-order valence-electron chi connectivity index (χ4n) is 4.13. The first kappa shape index (κ1) is 23.1. The normalized spacial score (nSPS) is 10.8. The summed E-state index contributed by atoms with van der Waals surface area (Å²) in [5.41, 5.74) is 4.51. The van der Waals surface area contributed by atoms with Crippen molar-refractivity contribution in [2.75, 3.05) is 10.6 Å². The van der Waals surface area contributed by atoms with E-state index in [2.05, 4.69) is 10.6 Å². The molecule has 178 valence electrons. The highest BCUT2D eigenvalue weighted by Gasteiger charge is 2.18. The van der Waals surface area contributed by atoms with Crippen LogP contribution in [-0.2, 0) is 6.54 Å². The molecule has 1 heterocycles. The van der Waals surface area contributed by atoms with Crippen LogP contribution in [0.15, 0.2) is 103 Å². The highest BCUT2D eigenvalue weighted by molar-refractivity contribution is 6.08. The fraction of sp³-hybridized carbons (Fsp3) is 0.0667. The number of nitrogens with zero attached hydrogens (tertiary/aromatic N) is 1. The number of hydrogen-bond donors (Lipinski definition) is 2. The summed E-state index contributed by atoms with van der Waals surface area (Å²) < 4.78 is 16.3. The van der Waals surface area contributed by atoms with Crippen molar-refractivity contribution in [3.63, 3.8) is 0 Å². The number of hydrogen-bond acceptors (Lipinski definition) is 2. The Bertz CT molecular complexity index is 1560. The van der Waals surface area contributed by atoms with Gasteiger partial charge in [0.05, 0.1) is 6.54 Å². The Morgan fingerprint density at radius 3 is 2.19 bits per heavy atom. The summed E-state index contributed by atoms with van der Waals surface area (Å²) >= 11 is 0. The van der Waals surface area contributed by atoms with Crippen LogP contribution in [0.1, 0.15) is 32.0 Å². The molecule has 6 heteroatoms. The van der Waals surface area contributed by atoms with Gasteiger partial charge in [-0.1, -0.05) is 54.1 Å². The predicted molar refractivity (Wildman–Crippen MR) is 141 cm³/mol. The molecule has 1 aromatic heterocycles. The van der Waals surface area contributed by atoms with Crippen LogP contribution in [0, 0.1) is 12.7 Å². The number of carbonyl (C=O) groups excluding carboxylic acids is 2. The molecule has 0 spiro atoms. The van der Waals surface area contributed by atoms with Crippen molar-refractivity contribution in [2.24, 2.45) is 0 Å². The van der Waals surface area contributed by atoms with E-state index in [4.69, 9.17) is 0 Å².